The molecule has 0 amide bonds. The third-order valence-corrected chi connectivity index (χ3v) is 3.82. The smallest absolute Gasteiger partial charge is 0.165 e. The Labute approximate surface area is 120 Å². The van der Waals surface area contributed by atoms with Gasteiger partial charge in [0, 0.05) is 24.4 Å². The molecule has 0 aliphatic carbocycles. The molecule has 106 valence electrons. The summed E-state index contributed by atoms with van der Waals surface area (Å²) in [4.78, 5) is 21.1. The van der Waals surface area contributed by atoms with Crippen LogP contribution in [0.3, 0.4) is 0 Å². The Kier molecular flexibility index (Phi) is 5.22. The van der Waals surface area contributed by atoms with Crippen molar-refractivity contribution in [2.75, 3.05) is 0 Å². The van der Waals surface area contributed by atoms with E-state index >= 15 is 0 Å². The van der Waals surface area contributed by atoms with Crippen LogP contribution >= 0.6 is 0 Å². The summed E-state index contributed by atoms with van der Waals surface area (Å²) in [5.41, 5.74) is 2.23. The second-order valence-corrected chi connectivity index (χ2v) is 5.27. The number of Topliss-reactive ketones (excluding diaryl/α,β-unsaturated/α-hetero) is 1. The molecule has 1 aromatic heterocycles. The third-order valence-electron chi connectivity index (χ3n) is 3.82. The van der Waals surface area contributed by atoms with E-state index in [-0.39, 0.29) is 5.78 Å². The van der Waals surface area contributed by atoms with Gasteiger partial charge in [-0.15, -0.1) is 0 Å². The van der Waals surface area contributed by atoms with E-state index in [2.05, 4.69) is 23.8 Å². The van der Waals surface area contributed by atoms with Gasteiger partial charge in [-0.25, -0.2) is 0 Å². The van der Waals surface area contributed by atoms with Crippen molar-refractivity contribution in [3.05, 3.63) is 36.2 Å². The van der Waals surface area contributed by atoms with Crippen LogP contribution in [0.4, 0.5) is 0 Å². The zero-order chi connectivity index (χ0) is 14.4. The predicted octanol–water partition coefficient (Wildman–Crippen LogP) is 4.42. The molecule has 0 aliphatic heterocycles. The van der Waals surface area contributed by atoms with Crippen molar-refractivity contribution in [2.45, 2.75) is 46.0 Å². The van der Waals surface area contributed by atoms with Gasteiger partial charge in [-0.05, 0) is 18.1 Å². The van der Waals surface area contributed by atoms with E-state index in [4.69, 9.17) is 0 Å². The molecule has 0 bridgehead atoms. The molecular weight excluding hydrogens is 248 g/mol. The van der Waals surface area contributed by atoms with E-state index < -0.39 is 0 Å². The summed E-state index contributed by atoms with van der Waals surface area (Å²) < 4.78 is 0. The minimum atomic E-state index is 0.194. The van der Waals surface area contributed by atoms with Crippen LogP contribution in [-0.4, -0.2) is 15.8 Å². The molecule has 0 fully saturated rings. The molecule has 0 N–H and O–H groups in total. The maximum Gasteiger partial charge on any atom is 0.165 e. The lowest BCUT2D eigenvalue weighted by atomic mass is 9.91. The van der Waals surface area contributed by atoms with Crippen molar-refractivity contribution in [1.82, 2.24) is 9.97 Å². The van der Waals surface area contributed by atoms with Gasteiger partial charge in [-0.1, -0.05) is 45.6 Å². The molecule has 0 aliphatic rings. The van der Waals surface area contributed by atoms with E-state index in [9.17, 15) is 4.79 Å². The first-order chi connectivity index (χ1) is 9.76. The zero-order valence-electron chi connectivity index (χ0n) is 12.3. The van der Waals surface area contributed by atoms with E-state index in [1.54, 1.807) is 12.4 Å². The molecule has 20 heavy (non-hydrogen) atoms. The number of unbranched alkanes of at least 4 members (excludes halogenated alkanes) is 1. The lowest BCUT2D eigenvalue weighted by molar-refractivity contribution is 0.0958. The fourth-order valence-electron chi connectivity index (χ4n) is 2.53. The highest BCUT2D eigenvalue weighted by atomic mass is 16.1. The average molecular weight is 270 g/mol. The Morgan fingerprint density at radius 1 is 1.20 bits per heavy atom. The summed E-state index contributed by atoms with van der Waals surface area (Å²) in [6.07, 6.45) is 8.50. The normalized spacial score (nSPS) is 12.5. The van der Waals surface area contributed by atoms with Crippen molar-refractivity contribution >= 4 is 16.8 Å². The lowest BCUT2D eigenvalue weighted by Crippen LogP contribution is -2.09. The number of nitrogens with zero attached hydrogens (tertiary/aromatic N) is 2. The highest BCUT2D eigenvalue weighted by Gasteiger charge is 2.16. The largest absolute Gasteiger partial charge is 0.294 e. The van der Waals surface area contributed by atoms with Crippen molar-refractivity contribution in [2.24, 2.45) is 5.92 Å². The first-order valence-corrected chi connectivity index (χ1v) is 7.49. The first-order valence-electron chi connectivity index (χ1n) is 7.49. The SMILES string of the molecule is CCCCC(CC)CC(=O)c1cccc2nccnc12. The van der Waals surface area contributed by atoms with Gasteiger partial charge in [0.1, 0.15) is 0 Å². The van der Waals surface area contributed by atoms with Gasteiger partial charge in [0.15, 0.2) is 5.78 Å². The molecule has 2 rings (SSSR count). The Bertz CT molecular complexity index is 575. The number of hydrogen-bond donors (Lipinski definition) is 0. The van der Waals surface area contributed by atoms with Crippen LogP contribution in [0, 0.1) is 5.92 Å². The molecule has 0 saturated heterocycles. The number of hydrogen-bond acceptors (Lipinski definition) is 3. The molecule has 0 spiro atoms. The molecule has 3 heteroatoms. The summed E-state index contributed by atoms with van der Waals surface area (Å²) in [6.45, 7) is 4.35. The standard InChI is InChI=1S/C17H22N2O/c1-3-5-7-13(4-2)12-16(20)14-8-6-9-15-17(14)19-11-10-18-15/h6,8-11,13H,3-5,7,12H2,1-2H3. The van der Waals surface area contributed by atoms with E-state index in [0.717, 1.165) is 23.9 Å². The van der Waals surface area contributed by atoms with Crippen LogP contribution in [0.15, 0.2) is 30.6 Å². The molecular formula is C17H22N2O. The van der Waals surface area contributed by atoms with Gasteiger partial charge in [-0.3, -0.25) is 14.8 Å². The molecule has 1 atom stereocenters. The van der Waals surface area contributed by atoms with Crippen LogP contribution in [0.2, 0.25) is 0 Å². The molecule has 1 unspecified atom stereocenters. The molecule has 1 aromatic carbocycles. The number of fused-ring (bicyclic) bond motifs is 1. The topological polar surface area (TPSA) is 42.9 Å². The predicted molar refractivity (Wildman–Crippen MR) is 81.8 cm³/mol. The number of benzene rings is 1. The van der Waals surface area contributed by atoms with Crippen LogP contribution in [0.1, 0.15) is 56.3 Å². The number of para-hydroxylation sites is 1. The highest BCUT2D eigenvalue weighted by Crippen LogP contribution is 2.22. The Hall–Kier alpha value is -1.77. The van der Waals surface area contributed by atoms with Crippen LogP contribution in [-0.2, 0) is 0 Å². The van der Waals surface area contributed by atoms with Crippen LogP contribution in [0.25, 0.3) is 11.0 Å². The van der Waals surface area contributed by atoms with Crippen LogP contribution in [0.5, 0.6) is 0 Å². The van der Waals surface area contributed by atoms with Crippen molar-refractivity contribution in [3.8, 4) is 0 Å². The summed E-state index contributed by atoms with van der Waals surface area (Å²) in [6, 6.07) is 5.65. The minimum absolute atomic E-state index is 0.194. The molecule has 1 heterocycles. The fourth-order valence-corrected chi connectivity index (χ4v) is 2.53. The summed E-state index contributed by atoms with van der Waals surface area (Å²) in [7, 11) is 0. The van der Waals surface area contributed by atoms with E-state index in [1.807, 2.05) is 18.2 Å². The second-order valence-electron chi connectivity index (χ2n) is 5.27. The Morgan fingerprint density at radius 3 is 2.75 bits per heavy atom. The summed E-state index contributed by atoms with van der Waals surface area (Å²) >= 11 is 0. The number of rotatable bonds is 7. The van der Waals surface area contributed by atoms with E-state index in [0.29, 0.717) is 17.9 Å². The van der Waals surface area contributed by atoms with Gasteiger partial charge in [0.05, 0.1) is 11.0 Å². The maximum absolute atomic E-state index is 12.5. The number of carbonyl (C=O) groups excluding carboxylic acids is 1. The van der Waals surface area contributed by atoms with Gasteiger partial charge >= 0.3 is 0 Å². The van der Waals surface area contributed by atoms with Gasteiger partial charge in [0.2, 0.25) is 0 Å². The highest BCUT2D eigenvalue weighted by molar-refractivity contribution is 6.05. The number of aromatic nitrogens is 2. The number of carbonyl (C=O) groups is 1. The maximum atomic E-state index is 12.5. The van der Waals surface area contributed by atoms with Crippen molar-refractivity contribution in [1.29, 1.82) is 0 Å². The van der Waals surface area contributed by atoms with Crippen molar-refractivity contribution in [3.63, 3.8) is 0 Å². The second kappa shape index (κ2) is 7.13. The average Bonchev–Trinajstić information content (AvgIpc) is 2.50. The monoisotopic (exact) mass is 270 g/mol. The summed E-state index contributed by atoms with van der Waals surface area (Å²) in [5.74, 6) is 0.674. The van der Waals surface area contributed by atoms with Gasteiger partial charge in [0.25, 0.3) is 0 Å². The van der Waals surface area contributed by atoms with Crippen molar-refractivity contribution < 1.29 is 4.79 Å². The zero-order valence-corrected chi connectivity index (χ0v) is 12.3. The fraction of sp³-hybridized carbons (Fsp3) is 0.471. The summed E-state index contributed by atoms with van der Waals surface area (Å²) in [5, 5.41) is 0. The lowest BCUT2D eigenvalue weighted by Gasteiger charge is -2.13. The number of ketones is 1. The third kappa shape index (κ3) is 3.41. The molecule has 0 radical (unpaired) electrons. The Morgan fingerprint density at radius 2 is 2.00 bits per heavy atom. The van der Waals surface area contributed by atoms with E-state index in [1.165, 1.54) is 12.8 Å². The first kappa shape index (κ1) is 14.6. The van der Waals surface area contributed by atoms with Crippen LogP contribution < -0.4 is 0 Å². The Balaban J connectivity index is 2.18. The minimum Gasteiger partial charge on any atom is -0.294 e. The van der Waals surface area contributed by atoms with Gasteiger partial charge < -0.3 is 0 Å². The molecule has 2 aromatic rings. The molecule has 3 nitrogen and oxygen atoms in total. The molecule has 0 saturated carbocycles. The van der Waals surface area contributed by atoms with Gasteiger partial charge in [-0.2, -0.15) is 0 Å². The quantitative estimate of drug-likeness (QED) is 0.699.